The Bertz CT molecular complexity index is 346. The molecule has 0 aliphatic carbocycles. The van der Waals surface area contributed by atoms with Gasteiger partial charge in [0, 0.05) is 18.6 Å². The topological polar surface area (TPSA) is 21.6 Å². The Hall–Kier alpha value is -1.38. The molecule has 1 heterocycles. The fourth-order valence-corrected chi connectivity index (χ4v) is 1.14. The van der Waals surface area contributed by atoms with Crippen LogP contribution in [0.3, 0.4) is 0 Å². The third kappa shape index (κ3) is 1.18. The molecule has 1 aromatic rings. The molecule has 2 nitrogen and oxygen atoms in total. The molecule has 1 aliphatic rings. The maximum absolute atomic E-state index is 12.7. The van der Waals surface area contributed by atoms with E-state index in [9.17, 15) is 4.39 Å². The van der Waals surface area contributed by atoms with Crippen molar-refractivity contribution in [2.24, 2.45) is 4.99 Å². The smallest absolute Gasteiger partial charge is 0.187 e. The van der Waals surface area contributed by atoms with E-state index in [0.717, 1.165) is 5.56 Å². The van der Waals surface area contributed by atoms with Gasteiger partial charge >= 0.3 is 0 Å². The summed E-state index contributed by atoms with van der Waals surface area (Å²) >= 11 is 0. The van der Waals surface area contributed by atoms with E-state index in [1.54, 1.807) is 13.0 Å². The van der Waals surface area contributed by atoms with E-state index in [1.165, 1.54) is 12.1 Å². The van der Waals surface area contributed by atoms with Gasteiger partial charge < -0.3 is 4.74 Å². The average Bonchev–Trinajstić information content (AvgIpc) is 2.03. The predicted molar refractivity (Wildman–Crippen MR) is 43.8 cm³/mol. The molecule has 0 saturated carbocycles. The minimum atomic E-state index is -0.275. The molecule has 12 heavy (non-hydrogen) atoms. The number of benzene rings is 1. The van der Waals surface area contributed by atoms with Crippen molar-refractivity contribution in [3.63, 3.8) is 0 Å². The Balaban J connectivity index is 2.43. The van der Waals surface area contributed by atoms with Gasteiger partial charge in [0.25, 0.3) is 0 Å². The quantitative estimate of drug-likeness (QED) is 0.577. The van der Waals surface area contributed by atoms with Crippen LogP contribution in [0.4, 0.5) is 4.39 Å². The van der Waals surface area contributed by atoms with Crippen LogP contribution in [-0.2, 0) is 6.54 Å². The van der Waals surface area contributed by atoms with Gasteiger partial charge in [-0.25, -0.2) is 4.39 Å². The molecular formula is C9H8FNO. The van der Waals surface area contributed by atoms with Gasteiger partial charge in [0.2, 0.25) is 0 Å². The fraction of sp³-hybridized carbons (Fsp3) is 0.222. The lowest BCUT2D eigenvalue weighted by molar-refractivity contribution is 0.509. The highest BCUT2D eigenvalue weighted by Gasteiger charge is 2.10. The normalized spacial score (nSPS) is 14.7. The molecular weight excluding hydrogens is 157 g/mol. The summed E-state index contributed by atoms with van der Waals surface area (Å²) in [6.45, 7) is 2.34. The van der Waals surface area contributed by atoms with Crippen molar-refractivity contribution in [2.45, 2.75) is 13.5 Å². The van der Waals surface area contributed by atoms with Crippen LogP contribution in [0.25, 0.3) is 0 Å². The fourth-order valence-electron chi connectivity index (χ4n) is 1.14. The minimum Gasteiger partial charge on any atom is -0.443 e. The van der Waals surface area contributed by atoms with Crippen molar-refractivity contribution < 1.29 is 9.13 Å². The standard InChI is InChI=1S/C9H8FNO/c1-6-11-5-7-2-3-8(10)4-9(7)12-6/h2-4H,5H2,1H3. The van der Waals surface area contributed by atoms with Crippen molar-refractivity contribution in [3.05, 3.63) is 29.6 Å². The largest absolute Gasteiger partial charge is 0.443 e. The zero-order valence-electron chi connectivity index (χ0n) is 6.67. The van der Waals surface area contributed by atoms with Gasteiger partial charge in [0.15, 0.2) is 5.90 Å². The number of fused-ring (bicyclic) bond motifs is 1. The zero-order valence-corrected chi connectivity index (χ0v) is 6.67. The second-order valence-corrected chi connectivity index (χ2v) is 2.69. The molecule has 2 rings (SSSR count). The van der Waals surface area contributed by atoms with Gasteiger partial charge in [-0.1, -0.05) is 6.07 Å². The van der Waals surface area contributed by atoms with E-state index in [1.807, 2.05) is 0 Å². The van der Waals surface area contributed by atoms with Crippen molar-refractivity contribution in [1.29, 1.82) is 0 Å². The van der Waals surface area contributed by atoms with Crippen LogP contribution in [-0.4, -0.2) is 5.90 Å². The molecule has 0 saturated heterocycles. The lowest BCUT2D eigenvalue weighted by atomic mass is 10.2. The Kier molecular flexibility index (Phi) is 1.57. The van der Waals surface area contributed by atoms with Crippen molar-refractivity contribution in [2.75, 3.05) is 0 Å². The predicted octanol–water partition coefficient (Wildman–Crippen LogP) is 2.14. The summed E-state index contributed by atoms with van der Waals surface area (Å²) in [4.78, 5) is 4.07. The summed E-state index contributed by atoms with van der Waals surface area (Å²) in [5, 5.41) is 0. The van der Waals surface area contributed by atoms with E-state index in [2.05, 4.69) is 4.99 Å². The van der Waals surface area contributed by atoms with Crippen LogP contribution in [0.5, 0.6) is 5.75 Å². The Labute approximate surface area is 69.7 Å². The number of nitrogens with zero attached hydrogens (tertiary/aromatic N) is 1. The first-order valence-electron chi connectivity index (χ1n) is 3.73. The first kappa shape index (κ1) is 7.28. The highest BCUT2D eigenvalue weighted by atomic mass is 19.1. The number of aliphatic imine (C=N–C) groups is 1. The van der Waals surface area contributed by atoms with E-state index >= 15 is 0 Å². The Morgan fingerprint density at radius 1 is 1.50 bits per heavy atom. The first-order valence-corrected chi connectivity index (χ1v) is 3.73. The van der Waals surface area contributed by atoms with Crippen LogP contribution in [0.2, 0.25) is 0 Å². The van der Waals surface area contributed by atoms with Gasteiger partial charge in [-0.15, -0.1) is 0 Å². The highest BCUT2D eigenvalue weighted by Crippen LogP contribution is 2.23. The van der Waals surface area contributed by atoms with E-state index in [-0.39, 0.29) is 5.82 Å². The molecule has 0 N–H and O–H groups in total. The molecule has 0 atom stereocenters. The third-order valence-corrected chi connectivity index (χ3v) is 1.76. The monoisotopic (exact) mass is 165 g/mol. The molecule has 0 radical (unpaired) electrons. The van der Waals surface area contributed by atoms with Gasteiger partial charge in [-0.2, -0.15) is 0 Å². The van der Waals surface area contributed by atoms with Gasteiger partial charge in [-0.3, -0.25) is 4.99 Å². The first-order chi connectivity index (χ1) is 5.75. The summed E-state index contributed by atoms with van der Waals surface area (Å²) in [5.41, 5.74) is 0.932. The second-order valence-electron chi connectivity index (χ2n) is 2.69. The Morgan fingerprint density at radius 2 is 2.33 bits per heavy atom. The maximum atomic E-state index is 12.7. The maximum Gasteiger partial charge on any atom is 0.187 e. The number of hydrogen-bond donors (Lipinski definition) is 0. The summed E-state index contributed by atoms with van der Waals surface area (Å²) in [6.07, 6.45) is 0. The molecule has 0 fully saturated rings. The summed E-state index contributed by atoms with van der Waals surface area (Å²) in [5.74, 6) is 0.902. The van der Waals surface area contributed by atoms with Crippen LogP contribution >= 0.6 is 0 Å². The van der Waals surface area contributed by atoms with E-state index < -0.39 is 0 Å². The highest BCUT2D eigenvalue weighted by molar-refractivity contribution is 5.77. The van der Waals surface area contributed by atoms with Gasteiger partial charge in [0.05, 0.1) is 6.54 Å². The number of halogens is 1. The van der Waals surface area contributed by atoms with E-state index in [0.29, 0.717) is 18.2 Å². The van der Waals surface area contributed by atoms with Crippen LogP contribution in [0.15, 0.2) is 23.2 Å². The van der Waals surface area contributed by atoms with Crippen molar-refractivity contribution in [3.8, 4) is 5.75 Å². The number of ether oxygens (including phenoxy) is 1. The minimum absolute atomic E-state index is 0.275. The summed E-state index contributed by atoms with van der Waals surface area (Å²) in [6, 6.07) is 4.49. The molecule has 3 heteroatoms. The molecule has 62 valence electrons. The Morgan fingerprint density at radius 3 is 3.17 bits per heavy atom. The van der Waals surface area contributed by atoms with Gasteiger partial charge in [0.1, 0.15) is 11.6 Å². The van der Waals surface area contributed by atoms with Crippen LogP contribution in [0, 0.1) is 5.82 Å². The lowest BCUT2D eigenvalue weighted by Crippen LogP contribution is -2.10. The molecule has 0 bridgehead atoms. The molecule has 0 unspecified atom stereocenters. The van der Waals surface area contributed by atoms with Crippen LogP contribution < -0.4 is 4.74 Å². The number of hydrogen-bond acceptors (Lipinski definition) is 2. The average molecular weight is 165 g/mol. The molecule has 1 aromatic carbocycles. The van der Waals surface area contributed by atoms with Crippen molar-refractivity contribution in [1.82, 2.24) is 0 Å². The molecule has 1 aliphatic heterocycles. The lowest BCUT2D eigenvalue weighted by Gasteiger charge is -2.14. The SMILES string of the molecule is CC1=NCc2ccc(F)cc2O1. The third-order valence-electron chi connectivity index (χ3n) is 1.76. The summed E-state index contributed by atoms with van der Waals surface area (Å²) < 4.78 is 17.9. The summed E-state index contributed by atoms with van der Waals surface area (Å²) in [7, 11) is 0. The number of rotatable bonds is 0. The molecule has 0 aromatic heterocycles. The van der Waals surface area contributed by atoms with E-state index in [4.69, 9.17) is 4.74 Å². The van der Waals surface area contributed by atoms with Crippen LogP contribution in [0.1, 0.15) is 12.5 Å². The van der Waals surface area contributed by atoms with Gasteiger partial charge in [-0.05, 0) is 6.07 Å². The van der Waals surface area contributed by atoms with Crippen molar-refractivity contribution >= 4 is 5.90 Å². The second kappa shape index (κ2) is 2.59. The zero-order chi connectivity index (χ0) is 8.55. The molecule has 0 amide bonds. The molecule has 0 spiro atoms.